The van der Waals surface area contributed by atoms with Gasteiger partial charge >= 0.3 is 0 Å². The van der Waals surface area contributed by atoms with E-state index in [-0.39, 0.29) is 17.8 Å². The van der Waals surface area contributed by atoms with Crippen molar-refractivity contribution in [3.05, 3.63) is 53.9 Å². The number of imidazole rings is 1. The molecular weight excluding hydrogens is 371 g/mol. The van der Waals surface area contributed by atoms with Crippen LogP contribution in [0.3, 0.4) is 0 Å². The van der Waals surface area contributed by atoms with Gasteiger partial charge in [0.05, 0.1) is 6.10 Å². The predicted octanol–water partition coefficient (Wildman–Crippen LogP) is 3.08. The molecule has 2 saturated heterocycles. The lowest BCUT2D eigenvalue weighted by molar-refractivity contribution is 0.0436. The fourth-order valence-corrected chi connectivity index (χ4v) is 4.31. The van der Waals surface area contributed by atoms with Crippen LogP contribution in [0, 0.1) is 11.7 Å². The Hall–Kier alpha value is -2.25. The van der Waals surface area contributed by atoms with Crippen molar-refractivity contribution in [2.24, 2.45) is 5.92 Å². The van der Waals surface area contributed by atoms with Crippen molar-refractivity contribution >= 4 is 5.91 Å². The zero-order chi connectivity index (χ0) is 20.1. The van der Waals surface area contributed by atoms with Crippen LogP contribution in [0.25, 0.3) is 0 Å². The van der Waals surface area contributed by atoms with Crippen molar-refractivity contribution in [1.29, 1.82) is 0 Å². The second kappa shape index (κ2) is 9.50. The Morgan fingerprint density at radius 1 is 1.24 bits per heavy atom. The summed E-state index contributed by atoms with van der Waals surface area (Å²) in [7, 11) is 0. The van der Waals surface area contributed by atoms with E-state index in [9.17, 15) is 9.18 Å². The number of aromatic amines is 1. The zero-order valence-corrected chi connectivity index (χ0v) is 16.7. The molecule has 2 fully saturated rings. The van der Waals surface area contributed by atoms with E-state index in [1.807, 2.05) is 17.0 Å². The van der Waals surface area contributed by atoms with E-state index in [1.54, 1.807) is 18.5 Å². The standard InChI is InChI=1S/C22H29FN4O2/c23-20-6-2-1-4-18(20)15-26-11-7-17(8-12-26)14-27(16-19-5-3-13-29-19)22(28)21-24-9-10-25-21/h1-2,4,6,9-10,17,19H,3,5,7-8,11-16H2,(H,24,25)/t19-/m1/s1. The van der Waals surface area contributed by atoms with Crippen LogP contribution in [0.15, 0.2) is 36.7 Å². The molecule has 0 bridgehead atoms. The van der Waals surface area contributed by atoms with Crippen LogP contribution in [-0.2, 0) is 11.3 Å². The van der Waals surface area contributed by atoms with Crippen molar-refractivity contribution in [2.75, 3.05) is 32.8 Å². The van der Waals surface area contributed by atoms with Gasteiger partial charge in [0.15, 0.2) is 5.82 Å². The van der Waals surface area contributed by atoms with Crippen molar-refractivity contribution in [2.45, 2.75) is 38.3 Å². The van der Waals surface area contributed by atoms with Gasteiger partial charge < -0.3 is 14.6 Å². The number of rotatable bonds is 7. The molecule has 2 aliphatic rings. The van der Waals surface area contributed by atoms with Gasteiger partial charge in [-0.05, 0) is 50.8 Å². The molecule has 29 heavy (non-hydrogen) atoms. The molecule has 1 atom stereocenters. The lowest BCUT2D eigenvalue weighted by Crippen LogP contribution is -2.43. The third-order valence-electron chi connectivity index (χ3n) is 5.97. The van der Waals surface area contributed by atoms with Crippen LogP contribution in [0.5, 0.6) is 0 Å². The molecular formula is C22H29FN4O2. The Kier molecular flexibility index (Phi) is 6.56. The van der Waals surface area contributed by atoms with E-state index in [0.717, 1.165) is 50.9 Å². The van der Waals surface area contributed by atoms with Crippen molar-refractivity contribution in [3.8, 4) is 0 Å². The van der Waals surface area contributed by atoms with E-state index in [2.05, 4.69) is 14.9 Å². The van der Waals surface area contributed by atoms with Crippen LogP contribution in [0.4, 0.5) is 4.39 Å². The number of halogens is 1. The summed E-state index contributed by atoms with van der Waals surface area (Å²) in [6.45, 7) is 4.59. The van der Waals surface area contributed by atoms with Crippen LogP contribution in [0.2, 0.25) is 0 Å². The van der Waals surface area contributed by atoms with E-state index in [0.29, 0.717) is 31.4 Å². The second-order valence-electron chi connectivity index (χ2n) is 8.09. The Morgan fingerprint density at radius 2 is 2.07 bits per heavy atom. The second-order valence-corrected chi connectivity index (χ2v) is 8.09. The topological polar surface area (TPSA) is 61.5 Å². The number of carbonyl (C=O) groups excluding carboxylic acids is 1. The first-order valence-electron chi connectivity index (χ1n) is 10.5. The van der Waals surface area contributed by atoms with Crippen LogP contribution >= 0.6 is 0 Å². The minimum Gasteiger partial charge on any atom is -0.376 e. The first kappa shape index (κ1) is 20.0. The van der Waals surface area contributed by atoms with E-state index >= 15 is 0 Å². The van der Waals surface area contributed by atoms with E-state index < -0.39 is 0 Å². The van der Waals surface area contributed by atoms with Crippen LogP contribution < -0.4 is 0 Å². The molecule has 2 aliphatic heterocycles. The molecule has 6 nitrogen and oxygen atoms in total. The molecule has 0 spiro atoms. The molecule has 1 N–H and O–H groups in total. The minimum atomic E-state index is -0.138. The first-order valence-corrected chi connectivity index (χ1v) is 10.5. The van der Waals surface area contributed by atoms with Gasteiger partial charge in [0.25, 0.3) is 5.91 Å². The molecule has 7 heteroatoms. The number of likely N-dealkylation sites (tertiary alicyclic amines) is 1. The summed E-state index contributed by atoms with van der Waals surface area (Å²) < 4.78 is 19.7. The normalized spacial score (nSPS) is 20.8. The van der Waals surface area contributed by atoms with Crippen LogP contribution in [-0.4, -0.2) is 64.6 Å². The number of hydrogen-bond acceptors (Lipinski definition) is 4. The number of nitrogens with one attached hydrogen (secondary N) is 1. The Bertz CT molecular complexity index is 784. The number of ether oxygens (including phenoxy) is 1. The number of benzene rings is 1. The SMILES string of the molecule is O=C(c1ncc[nH]1)N(CC1CCN(Cc2ccccc2F)CC1)C[C@H]1CCCO1. The zero-order valence-electron chi connectivity index (χ0n) is 16.7. The summed E-state index contributed by atoms with van der Waals surface area (Å²) in [6, 6.07) is 6.98. The number of nitrogens with zero attached hydrogens (tertiary/aromatic N) is 3. The summed E-state index contributed by atoms with van der Waals surface area (Å²) in [6.07, 6.45) is 7.47. The van der Waals surface area contributed by atoms with Crippen molar-refractivity contribution in [1.82, 2.24) is 19.8 Å². The number of amides is 1. The minimum absolute atomic E-state index is 0.0562. The summed E-state index contributed by atoms with van der Waals surface area (Å²) >= 11 is 0. The maximum absolute atomic E-state index is 13.9. The largest absolute Gasteiger partial charge is 0.376 e. The molecule has 1 amide bonds. The molecule has 1 aromatic carbocycles. The average molecular weight is 400 g/mol. The lowest BCUT2D eigenvalue weighted by atomic mass is 9.95. The van der Waals surface area contributed by atoms with Gasteiger partial charge in [-0.15, -0.1) is 0 Å². The molecule has 0 unspecified atom stereocenters. The molecule has 2 aromatic rings. The summed E-state index contributed by atoms with van der Waals surface area (Å²) in [5, 5.41) is 0. The fourth-order valence-electron chi connectivity index (χ4n) is 4.31. The monoisotopic (exact) mass is 400 g/mol. The molecule has 3 heterocycles. The van der Waals surface area contributed by atoms with Crippen molar-refractivity contribution in [3.63, 3.8) is 0 Å². The third-order valence-corrected chi connectivity index (χ3v) is 5.97. The summed E-state index contributed by atoms with van der Waals surface area (Å²) in [5.74, 6) is 0.632. The quantitative estimate of drug-likeness (QED) is 0.776. The van der Waals surface area contributed by atoms with Crippen molar-refractivity contribution < 1.29 is 13.9 Å². The maximum atomic E-state index is 13.9. The smallest absolute Gasteiger partial charge is 0.289 e. The maximum Gasteiger partial charge on any atom is 0.289 e. The molecule has 1 aromatic heterocycles. The lowest BCUT2D eigenvalue weighted by Gasteiger charge is -2.35. The highest BCUT2D eigenvalue weighted by Crippen LogP contribution is 2.23. The number of aromatic nitrogens is 2. The molecule has 0 aliphatic carbocycles. The molecule has 0 radical (unpaired) electrons. The number of carbonyl (C=O) groups is 1. The predicted molar refractivity (Wildman–Crippen MR) is 108 cm³/mol. The van der Waals surface area contributed by atoms with Crippen LogP contribution in [0.1, 0.15) is 41.9 Å². The van der Waals surface area contributed by atoms with Gasteiger partial charge in [-0.2, -0.15) is 0 Å². The molecule has 4 rings (SSSR count). The van der Waals surface area contributed by atoms with Gasteiger partial charge in [0.2, 0.25) is 0 Å². The fraction of sp³-hybridized carbons (Fsp3) is 0.545. The van der Waals surface area contributed by atoms with Gasteiger partial charge in [0, 0.05) is 44.2 Å². The summed E-state index contributed by atoms with van der Waals surface area (Å²) in [4.78, 5) is 24.2. The summed E-state index contributed by atoms with van der Waals surface area (Å²) in [5.41, 5.74) is 0.749. The van der Waals surface area contributed by atoms with Gasteiger partial charge in [-0.1, -0.05) is 18.2 Å². The molecule has 0 saturated carbocycles. The van der Waals surface area contributed by atoms with Gasteiger partial charge in [-0.3, -0.25) is 9.69 Å². The first-order chi connectivity index (χ1) is 14.2. The Labute approximate surface area is 171 Å². The highest BCUT2D eigenvalue weighted by Gasteiger charge is 2.28. The number of H-pyrrole nitrogens is 1. The third kappa shape index (κ3) is 5.22. The number of piperidine rings is 1. The number of hydrogen-bond donors (Lipinski definition) is 1. The molecule has 156 valence electrons. The van der Waals surface area contributed by atoms with Gasteiger partial charge in [-0.25, -0.2) is 9.37 Å². The van der Waals surface area contributed by atoms with E-state index in [1.165, 1.54) is 6.07 Å². The average Bonchev–Trinajstić information content (AvgIpc) is 3.44. The van der Waals surface area contributed by atoms with Gasteiger partial charge in [0.1, 0.15) is 5.82 Å². The highest BCUT2D eigenvalue weighted by molar-refractivity contribution is 5.90. The highest BCUT2D eigenvalue weighted by atomic mass is 19.1. The van der Waals surface area contributed by atoms with E-state index in [4.69, 9.17) is 4.74 Å². The Morgan fingerprint density at radius 3 is 2.76 bits per heavy atom. The Balaban J connectivity index is 1.33.